The first kappa shape index (κ1) is 14.6. The van der Waals surface area contributed by atoms with E-state index in [4.69, 9.17) is 9.15 Å². The van der Waals surface area contributed by atoms with Crippen LogP contribution in [0.15, 0.2) is 41.0 Å². The molecule has 116 valence electrons. The number of likely N-dealkylation sites (tertiary alicyclic amines) is 1. The Morgan fingerprint density at radius 2 is 2.09 bits per heavy atom. The first-order valence-corrected chi connectivity index (χ1v) is 7.39. The molecule has 0 spiro atoms. The summed E-state index contributed by atoms with van der Waals surface area (Å²) < 4.78 is 24.1. The van der Waals surface area contributed by atoms with Gasteiger partial charge in [-0.3, -0.25) is 4.79 Å². The molecule has 0 aliphatic carbocycles. The van der Waals surface area contributed by atoms with Crippen molar-refractivity contribution in [3.63, 3.8) is 0 Å². The number of aryl methyl sites for hydroxylation is 1. The van der Waals surface area contributed by atoms with E-state index < -0.39 is 0 Å². The maximum atomic E-state index is 13.1. The van der Waals surface area contributed by atoms with Crippen LogP contribution in [0, 0.1) is 12.7 Å². The summed E-state index contributed by atoms with van der Waals surface area (Å²) in [5.41, 5.74) is 0.615. The maximum absolute atomic E-state index is 13.1. The van der Waals surface area contributed by atoms with E-state index in [0.717, 1.165) is 12.8 Å². The van der Waals surface area contributed by atoms with Crippen LogP contribution in [-0.2, 0) is 0 Å². The monoisotopic (exact) mass is 303 g/mol. The molecule has 2 aromatic rings. The minimum Gasteiger partial charge on any atom is -0.490 e. The Kier molecular flexibility index (Phi) is 4.13. The second kappa shape index (κ2) is 6.22. The maximum Gasteiger partial charge on any atom is 0.257 e. The molecule has 1 aliphatic heterocycles. The lowest BCUT2D eigenvalue weighted by Gasteiger charge is -2.32. The SMILES string of the molecule is Cc1occc1C(=O)N1CCC(Oc2cccc(F)c2)CC1. The minimum absolute atomic E-state index is 0.00421. The van der Waals surface area contributed by atoms with Gasteiger partial charge in [-0.15, -0.1) is 0 Å². The van der Waals surface area contributed by atoms with Crippen LogP contribution in [0.4, 0.5) is 4.39 Å². The number of furan rings is 1. The predicted octanol–water partition coefficient (Wildman–Crippen LogP) is 3.41. The molecule has 1 saturated heterocycles. The molecule has 3 rings (SSSR count). The zero-order valence-corrected chi connectivity index (χ0v) is 12.4. The van der Waals surface area contributed by atoms with Crippen molar-refractivity contribution in [2.24, 2.45) is 0 Å². The Morgan fingerprint density at radius 1 is 1.32 bits per heavy atom. The third kappa shape index (κ3) is 3.13. The largest absolute Gasteiger partial charge is 0.490 e. The van der Waals surface area contributed by atoms with Gasteiger partial charge in [-0.2, -0.15) is 0 Å². The highest BCUT2D eigenvalue weighted by atomic mass is 19.1. The van der Waals surface area contributed by atoms with Gasteiger partial charge in [0.15, 0.2) is 0 Å². The molecule has 2 heterocycles. The standard InChI is InChI=1S/C17H18FNO3/c1-12-16(7-10-21-12)17(20)19-8-5-14(6-9-19)22-15-4-2-3-13(18)11-15/h2-4,7,10-11,14H,5-6,8-9H2,1H3. The number of benzene rings is 1. The van der Waals surface area contributed by atoms with E-state index in [-0.39, 0.29) is 17.8 Å². The van der Waals surface area contributed by atoms with Crippen LogP contribution < -0.4 is 4.74 Å². The molecule has 1 aliphatic rings. The van der Waals surface area contributed by atoms with Crippen molar-refractivity contribution in [1.82, 2.24) is 4.90 Å². The molecule has 5 heteroatoms. The Hall–Kier alpha value is -2.30. The van der Waals surface area contributed by atoms with E-state index in [1.807, 2.05) is 4.90 Å². The van der Waals surface area contributed by atoms with Crippen LogP contribution in [0.5, 0.6) is 5.75 Å². The highest BCUT2D eigenvalue weighted by Gasteiger charge is 2.26. The van der Waals surface area contributed by atoms with Crippen molar-refractivity contribution in [1.29, 1.82) is 0 Å². The molecule has 1 aromatic heterocycles. The van der Waals surface area contributed by atoms with Crippen LogP contribution in [0.3, 0.4) is 0 Å². The van der Waals surface area contributed by atoms with Gasteiger partial charge in [-0.25, -0.2) is 4.39 Å². The molecule has 0 saturated carbocycles. The van der Waals surface area contributed by atoms with E-state index in [9.17, 15) is 9.18 Å². The van der Waals surface area contributed by atoms with E-state index in [2.05, 4.69) is 0 Å². The van der Waals surface area contributed by atoms with Gasteiger partial charge in [0.1, 0.15) is 23.4 Å². The Morgan fingerprint density at radius 3 is 2.73 bits per heavy atom. The van der Waals surface area contributed by atoms with Crippen molar-refractivity contribution in [3.05, 3.63) is 53.7 Å². The number of hydrogen-bond acceptors (Lipinski definition) is 3. The Bertz CT molecular complexity index is 659. The van der Waals surface area contributed by atoms with E-state index in [1.54, 1.807) is 25.1 Å². The summed E-state index contributed by atoms with van der Waals surface area (Å²) in [7, 11) is 0. The van der Waals surface area contributed by atoms with Crippen LogP contribution in [0.2, 0.25) is 0 Å². The van der Waals surface area contributed by atoms with Gasteiger partial charge in [0.2, 0.25) is 0 Å². The van der Waals surface area contributed by atoms with E-state index >= 15 is 0 Å². The van der Waals surface area contributed by atoms with Crippen molar-refractivity contribution in [3.8, 4) is 5.75 Å². The molecule has 1 fully saturated rings. The number of halogens is 1. The topological polar surface area (TPSA) is 42.7 Å². The smallest absolute Gasteiger partial charge is 0.257 e. The third-order valence-electron chi connectivity index (χ3n) is 3.92. The molecule has 0 atom stereocenters. The number of carbonyl (C=O) groups excluding carboxylic acids is 1. The molecule has 4 nitrogen and oxygen atoms in total. The van der Waals surface area contributed by atoms with Crippen LogP contribution >= 0.6 is 0 Å². The Labute approximate surface area is 128 Å². The number of carbonyl (C=O) groups is 1. The van der Waals surface area contributed by atoms with Crippen LogP contribution in [0.25, 0.3) is 0 Å². The number of rotatable bonds is 3. The van der Waals surface area contributed by atoms with Gasteiger partial charge in [0, 0.05) is 32.0 Å². The van der Waals surface area contributed by atoms with Crippen molar-refractivity contribution >= 4 is 5.91 Å². The Balaban J connectivity index is 1.56. The number of hydrogen-bond donors (Lipinski definition) is 0. The normalized spacial score (nSPS) is 15.8. The fourth-order valence-electron chi connectivity index (χ4n) is 2.69. The van der Waals surface area contributed by atoms with Gasteiger partial charge < -0.3 is 14.1 Å². The number of piperidine rings is 1. The fraction of sp³-hybridized carbons (Fsp3) is 0.353. The number of ether oxygens (including phenoxy) is 1. The highest BCUT2D eigenvalue weighted by Crippen LogP contribution is 2.21. The van der Waals surface area contributed by atoms with Gasteiger partial charge in [-0.1, -0.05) is 6.07 Å². The number of nitrogens with zero attached hydrogens (tertiary/aromatic N) is 1. The van der Waals surface area contributed by atoms with Gasteiger partial charge >= 0.3 is 0 Å². The van der Waals surface area contributed by atoms with Gasteiger partial charge in [-0.05, 0) is 25.1 Å². The zero-order chi connectivity index (χ0) is 15.5. The molecule has 0 radical (unpaired) electrons. The van der Waals surface area contributed by atoms with Crippen molar-refractivity contribution in [2.75, 3.05) is 13.1 Å². The molecule has 0 unspecified atom stereocenters. The summed E-state index contributed by atoms with van der Waals surface area (Å²) in [6.45, 7) is 3.04. The fourth-order valence-corrected chi connectivity index (χ4v) is 2.69. The first-order valence-electron chi connectivity index (χ1n) is 7.39. The van der Waals surface area contributed by atoms with Crippen molar-refractivity contribution < 1.29 is 18.3 Å². The lowest BCUT2D eigenvalue weighted by atomic mass is 10.1. The molecular weight excluding hydrogens is 285 g/mol. The molecule has 1 aromatic carbocycles. The average Bonchev–Trinajstić information content (AvgIpc) is 2.93. The lowest BCUT2D eigenvalue weighted by molar-refractivity contribution is 0.0593. The summed E-state index contributed by atoms with van der Waals surface area (Å²) in [6.07, 6.45) is 3.01. The van der Waals surface area contributed by atoms with E-state index in [0.29, 0.717) is 30.2 Å². The second-order valence-corrected chi connectivity index (χ2v) is 5.46. The summed E-state index contributed by atoms with van der Waals surface area (Å²) in [6, 6.07) is 7.85. The van der Waals surface area contributed by atoms with E-state index in [1.165, 1.54) is 18.4 Å². The summed E-state index contributed by atoms with van der Waals surface area (Å²) in [5.74, 6) is 0.870. The second-order valence-electron chi connectivity index (χ2n) is 5.46. The third-order valence-corrected chi connectivity index (χ3v) is 3.92. The quantitative estimate of drug-likeness (QED) is 0.872. The van der Waals surface area contributed by atoms with Crippen molar-refractivity contribution in [2.45, 2.75) is 25.9 Å². The predicted molar refractivity (Wildman–Crippen MR) is 79.4 cm³/mol. The molecule has 22 heavy (non-hydrogen) atoms. The highest BCUT2D eigenvalue weighted by molar-refractivity contribution is 5.95. The lowest BCUT2D eigenvalue weighted by Crippen LogP contribution is -2.41. The van der Waals surface area contributed by atoms with Gasteiger partial charge in [0.25, 0.3) is 5.91 Å². The molecule has 0 bridgehead atoms. The number of amides is 1. The molecule has 0 N–H and O–H groups in total. The van der Waals surface area contributed by atoms with Crippen LogP contribution in [0.1, 0.15) is 29.0 Å². The zero-order valence-electron chi connectivity index (χ0n) is 12.4. The van der Waals surface area contributed by atoms with Gasteiger partial charge in [0.05, 0.1) is 11.8 Å². The first-order chi connectivity index (χ1) is 10.6. The summed E-state index contributed by atoms with van der Waals surface area (Å²) >= 11 is 0. The minimum atomic E-state index is -0.305. The summed E-state index contributed by atoms with van der Waals surface area (Å²) in [4.78, 5) is 14.2. The molecule has 1 amide bonds. The van der Waals surface area contributed by atoms with Crippen LogP contribution in [-0.4, -0.2) is 30.0 Å². The summed E-state index contributed by atoms with van der Waals surface area (Å²) in [5, 5.41) is 0. The molecular formula is C17H18FNO3. The average molecular weight is 303 g/mol.